The molecular formula is C23H22BrN5O3. The molecule has 9 heteroatoms. The SMILES string of the molecule is COc1ccc(C2CC(=O)C3=C(C2)Nc2nc(N)nn2C3c2cccc(Br)c2)cc1OC. The van der Waals surface area contributed by atoms with E-state index in [1.807, 2.05) is 42.5 Å². The molecule has 3 N–H and O–H groups in total. The second-order valence-corrected chi connectivity index (χ2v) is 8.77. The second kappa shape index (κ2) is 7.98. The molecule has 8 nitrogen and oxygen atoms in total. The van der Waals surface area contributed by atoms with Gasteiger partial charge in [0, 0.05) is 22.2 Å². The summed E-state index contributed by atoms with van der Waals surface area (Å²) in [5, 5.41) is 7.69. The summed E-state index contributed by atoms with van der Waals surface area (Å²) < 4.78 is 13.4. The number of nitrogens with two attached hydrogens (primary N) is 1. The van der Waals surface area contributed by atoms with E-state index >= 15 is 0 Å². The molecule has 0 radical (unpaired) electrons. The van der Waals surface area contributed by atoms with Crippen LogP contribution in [0.4, 0.5) is 11.9 Å². The van der Waals surface area contributed by atoms with E-state index in [0.717, 1.165) is 21.3 Å². The van der Waals surface area contributed by atoms with E-state index in [1.165, 1.54) is 0 Å². The van der Waals surface area contributed by atoms with E-state index in [9.17, 15) is 4.79 Å². The quantitative estimate of drug-likeness (QED) is 0.562. The Labute approximate surface area is 193 Å². The molecule has 1 aliphatic heterocycles. The third-order valence-electron chi connectivity index (χ3n) is 5.98. The number of aromatic nitrogens is 3. The van der Waals surface area contributed by atoms with Crippen LogP contribution in [0.2, 0.25) is 0 Å². The predicted octanol–water partition coefficient (Wildman–Crippen LogP) is 4.06. The van der Waals surface area contributed by atoms with Crippen LogP contribution in [0, 0.1) is 0 Å². The van der Waals surface area contributed by atoms with Gasteiger partial charge in [-0.15, -0.1) is 5.10 Å². The number of fused-ring (bicyclic) bond motifs is 1. The number of ketones is 1. The Balaban J connectivity index is 1.58. The van der Waals surface area contributed by atoms with Gasteiger partial charge in [-0.1, -0.05) is 34.1 Å². The van der Waals surface area contributed by atoms with Gasteiger partial charge in [0.25, 0.3) is 0 Å². The number of nitrogens with one attached hydrogen (secondary N) is 1. The zero-order valence-corrected chi connectivity index (χ0v) is 19.2. The van der Waals surface area contributed by atoms with Crippen molar-refractivity contribution in [2.24, 2.45) is 0 Å². The van der Waals surface area contributed by atoms with Crippen molar-refractivity contribution in [2.45, 2.75) is 24.8 Å². The summed E-state index contributed by atoms with van der Waals surface area (Å²) in [7, 11) is 3.21. The minimum atomic E-state index is -0.387. The molecule has 0 spiro atoms. The lowest BCUT2D eigenvalue weighted by atomic mass is 9.78. The number of halogens is 1. The van der Waals surface area contributed by atoms with E-state index in [2.05, 4.69) is 31.3 Å². The lowest BCUT2D eigenvalue weighted by Gasteiger charge is -2.35. The molecule has 1 aliphatic carbocycles. The van der Waals surface area contributed by atoms with Gasteiger partial charge < -0.3 is 20.5 Å². The Hall–Kier alpha value is -3.33. The predicted molar refractivity (Wildman–Crippen MR) is 124 cm³/mol. The van der Waals surface area contributed by atoms with Gasteiger partial charge in [0.15, 0.2) is 17.3 Å². The van der Waals surface area contributed by atoms with Gasteiger partial charge in [-0.2, -0.15) is 4.98 Å². The molecule has 2 unspecified atom stereocenters. The Kier molecular flexibility index (Phi) is 5.13. The monoisotopic (exact) mass is 495 g/mol. The van der Waals surface area contributed by atoms with Crippen LogP contribution in [-0.4, -0.2) is 34.8 Å². The number of hydrogen-bond acceptors (Lipinski definition) is 7. The molecule has 164 valence electrons. The first-order valence-corrected chi connectivity index (χ1v) is 11.0. The van der Waals surface area contributed by atoms with E-state index in [0.29, 0.717) is 35.9 Å². The Bertz CT molecular complexity index is 1250. The highest BCUT2D eigenvalue weighted by atomic mass is 79.9. The molecule has 32 heavy (non-hydrogen) atoms. The normalized spacial score (nSPS) is 19.8. The zero-order valence-electron chi connectivity index (χ0n) is 17.6. The first-order chi connectivity index (χ1) is 15.5. The number of hydrogen-bond donors (Lipinski definition) is 2. The Morgan fingerprint density at radius 1 is 1.09 bits per heavy atom. The summed E-state index contributed by atoms with van der Waals surface area (Å²) in [6.07, 6.45) is 1.05. The molecule has 0 amide bonds. The van der Waals surface area contributed by atoms with Crippen molar-refractivity contribution in [3.05, 3.63) is 69.3 Å². The second-order valence-electron chi connectivity index (χ2n) is 7.86. The van der Waals surface area contributed by atoms with Crippen LogP contribution < -0.4 is 20.5 Å². The highest BCUT2D eigenvalue weighted by molar-refractivity contribution is 9.10. The third kappa shape index (κ3) is 3.42. The smallest absolute Gasteiger partial charge is 0.241 e. The summed E-state index contributed by atoms with van der Waals surface area (Å²) in [4.78, 5) is 17.9. The number of carbonyl (C=O) groups excluding carboxylic acids is 1. The van der Waals surface area contributed by atoms with Gasteiger partial charge in [0.1, 0.15) is 6.04 Å². The summed E-state index contributed by atoms with van der Waals surface area (Å²) in [5.41, 5.74) is 9.43. The van der Waals surface area contributed by atoms with Gasteiger partial charge >= 0.3 is 0 Å². The lowest BCUT2D eigenvalue weighted by molar-refractivity contribution is -0.116. The molecule has 2 aromatic carbocycles. The standard InChI is InChI=1S/C23H22BrN5O3/c1-31-18-7-6-12(11-19(18)32-2)14-9-16-20(17(30)10-14)21(13-4-3-5-15(24)8-13)29-23(26-16)27-22(25)28-29/h3-8,11,14,21H,9-10H2,1-2H3,(H3,25,26,27,28). The summed E-state index contributed by atoms with van der Waals surface area (Å²) in [5.74, 6) is 2.08. The molecule has 1 aromatic heterocycles. The van der Waals surface area contributed by atoms with Crippen molar-refractivity contribution >= 4 is 33.6 Å². The average Bonchev–Trinajstić information content (AvgIpc) is 3.16. The molecular weight excluding hydrogens is 474 g/mol. The van der Waals surface area contributed by atoms with Gasteiger partial charge in [-0.25, -0.2) is 4.68 Å². The van der Waals surface area contributed by atoms with E-state index in [1.54, 1.807) is 18.9 Å². The maximum Gasteiger partial charge on any atom is 0.241 e. The Morgan fingerprint density at radius 3 is 2.66 bits per heavy atom. The van der Waals surface area contributed by atoms with Gasteiger partial charge in [-0.3, -0.25) is 4.79 Å². The van der Waals surface area contributed by atoms with Crippen LogP contribution >= 0.6 is 15.9 Å². The van der Waals surface area contributed by atoms with Crippen molar-refractivity contribution in [3.8, 4) is 11.5 Å². The molecule has 2 heterocycles. The number of nitrogens with zero attached hydrogens (tertiary/aromatic N) is 3. The van der Waals surface area contributed by atoms with Crippen molar-refractivity contribution < 1.29 is 14.3 Å². The fourth-order valence-electron chi connectivity index (χ4n) is 4.56. The van der Waals surface area contributed by atoms with Crippen molar-refractivity contribution in [1.82, 2.24) is 14.8 Å². The maximum atomic E-state index is 13.5. The Morgan fingerprint density at radius 2 is 1.91 bits per heavy atom. The highest BCUT2D eigenvalue weighted by Crippen LogP contribution is 2.45. The molecule has 5 rings (SSSR count). The number of allylic oxidation sites excluding steroid dienone is 2. The number of carbonyl (C=O) groups is 1. The average molecular weight is 496 g/mol. The van der Waals surface area contributed by atoms with E-state index in [4.69, 9.17) is 15.2 Å². The van der Waals surface area contributed by atoms with Crippen LogP contribution in [0.25, 0.3) is 0 Å². The number of Topliss-reactive ketones (excluding diaryl/α,β-unsaturated/α-hetero) is 1. The topological polar surface area (TPSA) is 104 Å². The van der Waals surface area contributed by atoms with Crippen LogP contribution in [0.1, 0.15) is 35.9 Å². The minimum Gasteiger partial charge on any atom is -0.493 e. The molecule has 2 aliphatic rings. The van der Waals surface area contributed by atoms with Gasteiger partial charge in [0.05, 0.1) is 14.2 Å². The molecule has 2 atom stereocenters. The maximum absolute atomic E-state index is 13.5. The minimum absolute atomic E-state index is 0.00327. The fraction of sp³-hybridized carbons (Fsp3) is 0.261. The van der Waals surface area contributed by atoms with E-state index < -0.39 is 0 Å². The molecule has 3 aromatic rings. The molecule has 0 fully saturated rings. The fourth-order valence-corrected chi connectivity index (χ4v) is 4.97. The van der Waals surface area contributed by atoms with Crippen molar-refractivity contribution in [2.75, 3.05) is 25.3 Å². The first kappa shape index (κ1) is 20.6. The number of nitrogen functional groups attached to an aromatic ring is 1. The highest BCUT2D eigenvalue weighted by Gasteiger charge is 2.39. The number of benzene rings is 2. The van der Waals surface area contributed by atoms with Crippen LogP contribution in [-0.2, 0) is 4.79 Å². The molecule has 0 saturated heterocycles. The van der Waals surface area contributed by atoms with Crippen LogP contribution in [0.3, 0.4) is 0 Å². The van der Waals surface area contributed by atoms with Gasteiger partial charge in [-0.05, 0) is 47.7 Å². The molecule has 0 bridgehead atoms. The van der Waals surface area contributed by atoms with Crippen molar-refractivity contribution in [3.63, 3.8) is 0 Å². The largest absolute Gasteiger partial charge is 0.493 e. The first-order valence-electron chi connectivity index (χ1n) is 10.2. The summed E-state index contributed by atoms with van der Waals surface area (Å²) >= 11 is 3.53. The third-order valence-corrected chi connectivity index (χ3v) is 6.47. The molecule has 0 saturated carbocycles. The van der Waals surface area contributed by atoms with Crippen molar-refractivity contribution in [1.29, 1.82) is 0 Å². The summed E-state index contributed by atoms with van der Waals surface area (Å²) in [6.45, 7) is 0. The number of ether oxygens (including phenoxy) is 2. The lowest BCUT2D eigenvalue weighted by Crippen LogP contribution is -2.33. The number of rotatable bonds is 4. The summed E-state index contributed by atoms with van der Waals surface area (Å²) in [6, 6.07) is 13.3. The van der Waals surface area contributed by atoms with E-state index in [-0.39, 0.29) is 23.7 Å². The zero-order chi connectivity index (χ0) is 22.4. The van der Waals surface area contributed by atoms with Crippen LogP contribution in [0.15, 0.2) is 58.2 Å². The van der Waals surface area contributed by atoms with Crippen LogP contribution in [0.5, 0.6) is 11.5 Å². The number of methoxy groups -OCH3 is 2. The van der Waals surface area contributed by atoms with Gasteiger partial charge in [0.2, 0.25) is 11.9 Å². The number of anilines is 2.